The van der Waals surface area contributed by atoms with Gasteiger partial charge in [-0.3, -0.25) is 14.4 Å². The minimum absolute atomic E-state index is 0.0842. The van der Waals surface area contributed by atoms with Crippen molar-refractivity contribution in [3.05, 3.63) is 64.2 Å². The van der Waals surface area contributed by atoms with Gasteiger partial charge >= 0.3 is 5.97 Å². The molecular formula is C21H20ClNO4. The minimum atomic E-state index is -0.572. The molecule has 3 rings (SSSR count). The van der Waals surface area contributed by atoms with Gasteiger partial charge in [-0.1, -0.05) is 17.7 Å². The lowest BCUT2D eigenvalue weighted by atomic mass is 10.1. The first-order chi connectivity index (χ1) is 12.8. The maximum atomic E-state index is 12.3. The molecule has 6 heteroatoms. The molecule has 2 aromatic rings. The number of ketones is 1. The second-order valence-corrected chi connectivity index (χ2v) is 7.15. The van der Waals surface area contributed by atoms with Crippen LogP contribution in [0.15, 0.2) is 42.5 Å². The van der Waals surface area contributed by atoms with Crippen LogP contribution in [0.2, 0.25) is 5.02 Å². The van der Waals surface area contributed by atoms with Gasteiger partial charge in [0.15, 0.2) is 12.4 Å². The molecular weight excluding hydrogens is 366 g/mol. The van der Waals surface area contributed by atoms with Crippen molar-refractivity contribution in [1.82, 2.24) is 0 Å². The number of ether oxygens (including phenoxy) is 1. The van der Waals surface area contributed by atoms with Gasteiger partial charge in [-0.25, -0.2) is 0 Å². The molecule has 1 fully saturated rings. The molecule has 0 N–H and O–H groups in total. The number of carbonyl (C=O) groups excluding carboxylic acids is 3. The summed E-state index contributed by atoms with van der Waals surface area (Å²) in [5.74, 6) is -1.53. The van der Waals surface area contributed by atoms with E-state index in [1.54, 1.807) is 29.2 Å². The van der Waals surface area contributed by atoms with E-state index in [1.165, 1.54) is 0 Å². The Kier molecular flexibility index (Phi) is 5.61. The molecule has 0 aromatic heterocycles. The second kappa shape index (κ2) is 7.92. The van der Waals surface area contributed by atoms with Crippen molar-refractivity contribution in [2.75, 3.05) is 18.1 Å². The van der Waals surface area contributed by atoms with Gasteiger partial charge in [0.2, 0.25) is 5.91 Å². The van der Waals surface area contributed by atoms with Crippen LogP contribution >= 0.6 is 11.6 Å². The maximum Gasteiger partial charge on any atom is 0.311 e. The van der Waals surface area contributed by atoms with Gasteiger partial charge in [0.25, 0.3) is 0 Å². The van der Waals surface area contributed by atoms with E-state index in [-0.39, 0.29) is 31.3 Å². The minimum Gasteiger partial charge on any atom is -0.457 e. The van der Waals surface area contributed by atoms with Crippen molar-refractivity contribution in [2.24, 2.45) is 5.92 Å². The SMILES string of the molecule is Cc1ccc(N2C[C@H](C(=O)OCC(=O)c3ccc(Cl)cc3)CC2=O)cc1C. The van der Waals surface area contributed by atoms with Crippen LogP contribution in [0.1, 0.15) is 27.9 Å². The van der Waals surface area contributed by atoms with E-state index in [0.29, 0.717) is 10.6 Å². The van der Waals surface area contributed by atoms with E-state index in [1.807, 2.05) is 32.0 Å². The highest BCUT2D eigenvalue weighted by atomic mass is 35.5. The predicted octanol–water partition coefficient (Wildman–Crippen LogP) is 3.74. The Hall–Kier alpha value is -2.66. The number of amides is 1. The van der Waals surface area contributed by atoms with Crippen LogP contribution in [0.4, 0.5) is 5.69 Å². The highest BCUT2D eigenvalue weighted by molar-refractivity contribution is 6.30. The molecule has 1 atom stereocenters. The van der Waals surface area contributed by atoms with Crippen molar-refractivity contribution in [2.45, 2.75) is 20.3 Å². The third-order valence-electron chi connectivity index (χ3n) is 4.77. The molecule has 1 saturated heterocycles. The van der Waals surface area contributed by atoms with E-state index < -0.39 is 11.9 Å². The number of esters is 1. The quantitative estimate of drug-likeness (QED) is 0.581. The van der Waals surface area contributed by atoms with E-state index in [0.717, 1.165) is 16.8 Å². The Morgan fingerprint density at radius 1 is 1.11 bits per heavy atom. The number of Topliss-reactive ketones (excluding diaryl/α,β-unsaturated/α-hetero) is 1. The number of hydrogen-bond acceptors (Lipinski definition) is 4. The Labute approximate surface area is 162 Å². The third kappa shape index (κ3) is 4.37. The largest absolute Gasteiger partial charge is 0.457 e. The molecule has 0 saturated carbocycles. The summed E-state index contributed by atoms with van der Waals surface area (Å²) in [7, 11) is 0. The predicted molar refractivity (Wildman–Crippen MR) is 103 cm³/mol. The summed E-state index contributed by atoms with van der Waals surface area (Å²) in [6.45, 7) is 3.89. The summed E-state index contributed by atoms with van der Waals surface area (Å²) in [5.41, 5.74) is 3.42. The second-order valence-electron chi connectivity index (χ2n) is 6.71. The van der Waals surface area contributed by atoms with Crippen LogP contribution < -0.4 is 4.90 Å². The lowest BCUT2D eigenvalue weighted by Gasteiger charge is -2.17. The number of halogens is 1. The first kappa shape index (κ1) is 19.1. The summed E-state index contributed by atoms with van der Waals surface area (Å²) >= 11 is 5.79. The first-order valence-corrected chi connectivity index (χ1v) is 9.06. The van der Waals surface area contributed by atoms with Crippen molar-refractivity contribution in [1.29, 1.82) is 0 Å². The summed E-state index contributed by atoms with van der Waals surface area (Å²) in [6.07, 6.45) is 0.0842. The average Bonchev–Trinajstić information content (AvgIpc) is 3.04. The fourth-order valence-corrected chi connectivity index (χ4v) is 3.11. The topological polar surface area (TPSA) is 63.7 Å². The average molecular weight is 386 g/mol. The number of anilines is 1. The molecule has 1 aliphatic heterocycles. The Morgan fingerprint density at radius 3 is 2.48 bits per heavy atom. The normalized spacial score (nSPS) is 16.5. The van der Waals surface area contributed by atoms with Crippen LogP contribution in [-0.2, 0) is 14.3 Å². The lowest BCUT2D eigenvalue weighted by molar-refractivity contribution is -0.147. The Balaban J connectivity index is 1.59. The molecule has 1 amide bonds. The van der Waals surface area contributed by atoms with Crippen LogP contribution in [-0.4, -0.2) is 30.8 Å². The monoisotopic (exact) mass is 385 g/mol. The Morgan fingerprint density at radius 2 is 1.81 bits per heavy atom. The standard InChI is InChI=1S/C21H20ClNO4/c1-13-3-8-18(9-14(13)2)23-11-16(10-20(23)25)21(26)27-12-19(24)15-4-6-17(22)7-5-15/h3-9,16H,10-12H2,1-2H3/t16-/m1/s1. The lowest BCUT2D eigenvalue weighted by Crippen LogP contribution is -2.27. The van der Waals surface area contributed by atoms with E-state index >= 15 is 0 Å². The molecule has 27 heavy (non-hydrogen) atoms. The van der Waals surface area contributed by atoms with Crippen LogP contribution in [0, 0.1) is 19.8 Å². The smallest absolute Gasteiger partial charge is 0.311 e. The molecule has 1 heterocycles. The molecule has 0 unspecified atom stereocenters. The summed E-state index contributed by atoms with van der Waals surface area (Å²) < 4.78 is 5.15. The summed E-state index contributed by atoms with van der Waals surface area (Å²) in [5, 5.41) is 0.527. The fourth-order valence-electron chi connectivity index (χ4n) is 2.98. The maximum absolute atomic E-state index is 12.3. The van der Waals surface area contributed by atoms with Crippen LogP contribution in [0.3, 0.4) is 0 Å². The van der Waals surface area contributed by atoms with Crippen molar-refractivity contribution >= 4 is 34.9 Å². The number of nitrogens with zero attached hydrogens (tertiary/aromatic N) is 1. The number of hydrogen-bond donors (Lipinski definition) is 0. The first-order valence-electron chi connectivity index (χ1n) is 8.68. The highest BCUT2D eigenvalue weighted by Crippen LogP contribution is 2.27. The fraction of sp³-hybridized carbons (Fsp3) is 0.286. The van der Waals surface area contributed by atoms with E-state index in [4.69, 9.17) is 16.3 Å². The van der Waals surface area contributed by atoms with Gasteiger partial charge in [-0.2, -0.15) is 0 Å². The van der Waals surface area contributed by atoms with Gasteiger partial charge in [0, 0.05) is 29.2 Å². The molecule has 140 valence electrons. The number of carbonyl (C=O) groups is 3. The molecule has 0 aliphatic carbocycles. The van der Waals surface area contributed by atoms with Crippen molar-refractivity contribution in [3.63, 3.8) is 0 Å². The Bertz CT molecular complexity index is 892. The molecule has 2 aromatic carbocycles. The van der Waals surface area contributed by atoms with E-state index in [9.17, 15) is 14.4 Å². The third-order valence-corrected chi connectivity index (χ3v) is 5.02. The summed E-state index contributed by atoms with van der Waals surface area (Å²) in [4.78, 5) is 38.3. The van der Waals surface area contributed by atoms with Gasteiger partial charge in [0.1, 0.15) is 0 Å². The molecule has 5 nitrogen and oxygen atoms in total. The van der Waals surface area contributed by atoms with Gasteiger partial charge in [-0.15, -0.1) is 0 Å². The van der Waals surface area contributed by atoms with Crippen molar-refractivity contribution < 1.29 is 19.1 Å². The van der Waals surface area contributed by atoms with Gasteiger partial charge in [0.05, 0.1) is 5.92 Å². The number of aryl methyl sites for hydroxylation is 2. The van der Waals surface area contributed by atoms with Gasteiger partial charge < -0.3 is 9.64 Å². The number of rotatable bonds is 5. The molecule has 0 radical (unpaired) electrons. The zero-order valence-electron chi connectivity index (χ0n) is 15.2. The zero-order valence-corrected chi connectivity index (χ0v) is 16.0. The molecule has 0 bridgehead atoms. The van der Waals surface area contributed by atoms with Crippen molar-refractivity contribution in [3.8, 4) is 0 Å². The van der Waals surface area contributed by atoms with Crippen LogP contribution in [0.25, 0.3) is 0 Å². The van der Waals surface area contributed by atoms with Gasteiger partial charge in [-0.05, 0) is 61.4 Å². The molecule has 0 spiro atoms. The highest BCUT2D eigenvalue weighted by Gasteiger charge is 2.36. The van der Waals surface area contributed by atoms with E-state index in [2.05, 4.69) is 0 Å². The summed E-state index contributed by atoms with van der Waals surface area (Å²) in [6, 6.07) is 12.1. The zero-order chi connectivity index (χ0) is 19.6. The number of benzene rings is 2. The van der Waals surface area contributed by atoms with Crippen LogP contribution in [0.5, 0.6) is 0 Å². The molecule has 1 aliphatic rings.